The van der Waals surface area contributed by atoms with Crippen LogP contribution in [0.5, 0.6) is 0 Å². The average molecular weight is 277 g/mol. The number of rotatable bonds is 5. The van der Waals surface area contributed by atoms with Crippen molar-refractivity contribution in [3.63, 3.8) is 0 Å². The van der Waals surface area contributed by atoms with Crippen molar-refractivity contribution in [2.45, 2.75) is 31.8 Å². The van der Waals surface area contributed by atoms with E-state index in [-0.39, 0.29) is 11.9 Å². The van der Waals surface area contributed by atoms with Crippen LogP contribution in [0, 0.1) is 0 Å². The molecule has 1 fully saturated rings. The van der Waals surface area contributed by atoms with Crippen LogP contribution in [0.3, 0.4) is 0 Å². The first-order chi connectivity index (χ1) is 9.41. The van der Waals surface area contributed by atoms with Crippen molar-refractivity contribution in [3.8, 4) is 0 Å². The highest BCUT2D eigenvalue weighted by molar-refractivity contribution is 5.96. The molecule has 0 bridgehead atoms. The summed E-state index contributed by atoms with van der Waals surface area (Å²) in [5.74, 6) is -0.492. The van der Waals surface area contributed by atoms with Crippen molar-refractivity contribution >= 4 is 17.7 Å². The maximum Gasteiger partial charge on any atom is 0.326 e. The third kappa shape index (κ3) is 2.89. The molecule has 1 aromatic rings. The summed E-state index contributed by atoms with van der Waals surface area (Å²) in [7, 11) is 3.74. The number of hydrogen-bond acceptors (Lipinski definition) is 4. The quantitative estimate of drug-likeness (QED) is 0.876. The molecule has 0 radical (unpaired) electrons. The zero-order valence-corrected chi connectivity index (χ0v) is 11.9. The monoisotopic (exact) mass is 277 g/mol. The molecule has 6 nitrogen and oxygen atoms in total. The predicted octanol–water partition coefficient (Wildman–Crippen LogP) is 1.23. The molecule has 0 spiro atoms. The number of nitrogens with zero attached hydrogens (tertiary/aromatic N) is 3. The van der Waals surface area contributed by atoms with Gasteiger partial charge in [-0.15, -0.1) is 0 Å². The van der Waals surface area contributed by atoms with E-state index in [2.05, 4.69) is 4.98 Å². The maximum absolute atomic E-state index is 12.5. The molecule has 1 aliphatic carbocycles. The van der Waals surface area contributed by atoms with Crippen LogP contribution in [-0.4, -0.2) is 53.0 Å². The summed E-state index contributed by atoms with van der Waals surface area (Å²) in [6, 6.07) is 2.67. The van der Waals surface area contributed by atoms with Crippen molar-refractivity contribution in [1.29, 1.82) is 0 Å². The Kier molecular flexibility index (Phi) is 3.92. The first-order valence-corrected chi connectivity index (χ1v) is 6.60. The first kappa shape index (κ1) is 14.3. The highest BCUT2D eigenvalue weighted by Crippen LogP contribution is 2.30. The highest BCUT2D eigenvalue weighted by atomic mass is 16.4. The second-order valence-corrected chi connectivity index (χ2v) is 5.26. The van der Waals surface area contributed by atoms with Gasteiger partial charge in [0.2, 0.25) is 0 Å². The van der Waals surface area contributed by atoms with Gasteiger partial charge < -0.3 is 14.9 Å². The third-order valence-electron chi connectivity index (χ3n) is 3.40. The first-order valence-electron chi connectivity index (χ1n) is 6.60. The predicted molar refractivity (Wildman–Crippen MR) is 74.9 cm³/mol. The van der Waals surface area contributed by atoms with E-state index < -0.39 is 12.0 Å². The summed E-state index contributed by atoms with van der Waals surface area (Å²) in [6.07, 6.45) is 3.24. The zero-order valence-electron chi connectivity index (χ0n) is 11.9. The lowest BCUT2D eigenvalue weighted by Gasteiger charge is -2.26. The molecule has 1 saturated carbocycles. The lowest BCUT2D eigenvalue weighted by molar-refractivity contribution is -0.141. The highest BCUT2D eigenvalue weighted by Gasteiger charge is 2.38. The van der Waals surface area contributed by atoms with Crippen molar-refractivity contribution in [2.24, 2.45) is 0 Å². The Balaban J connectivity index is 2.21. The van der Waals surface area contributed by atoms with E-state index in [1.54, 1.807) is 19.1 Å². The molecule has 0 saturated heterocycles. The number of carboxylic acid groups (broad SMARTS) is 1. The van der Waals surface area contributed by atoms with Crippen molar-refractivity contribution in [3.05, 3.63) is 23.9 Å². The minimum atomic E-state index is -0.983. The van der Waals surface area contributed by atoms with Crippen LogP contribution < -0.4 is 4.90 Å². The van der Waals surface area contributed by atoms with Gasteiger partial charge in [0.25, 0.3) is 5.91 Å². The zero-order chi connectivity index (χ0) is 14.9. The summed E-state index contributed by atoms with van der Waals surface area (Å²) < 4.78 is 0. The van der Waals surface area contributed by atoms with E-state index in [0.29, 0.717) is 5.56 Å². The van der Waals surface area contributed by atoms with Crippen molar-refractivity contribution in [2.75, 3.05) is 19.0 Å². The molecular weight excluding hydrogens is 258 g/mol. The van der Waals surface area contributed by atoms with Crippen LogP contribution in [0.25, 0.3) is 0 Å². The van der Waals surface area contributed by atoms with Gasteiger partial charge in [0, 0.05) is 26.3 Å². The Morgan fingerprint density at radius 1 is 1.35 bits per heavy atom. The fraction of sp³-hybridized carbons (Fsp3) is 0.500. The van der Waals surface area contributed by atoms with Crippen LogP contribution in [0.4, 0.5) is 5.82 Å². The van der Waals surface area contributed by atoms with Gasteiger partial charge in [-0.2, -0.15) is 0 Å². The Labute approximate surface area is 118 Å². The molecule has 0 aliphatic heterocycles. The van der Waals surface area contributed by atoms with E-state index in [1.165, 1.54) is 11.1 Å². The van der Waals surface area contributed by atoms with Gasteiger partial charge in [0.05, 0.1) is 5.56 Å². The van der Waals surface area contributed by atoms with Crippen LogP contribution in [0.2, 0.25) is 0 Å². The molecule has 1 atom stereocenters. The van der Waals surface area contributed by atoms with Gasteiger partial charge >= 0.3 is 5.97 Å². The minimum absolute atomic E-state index is 0.0436. The molecule has 1 aliphatic rings. The molecule has 20 heavy (non-hydrogen) atoms. The fourth-order valence-corrected chi connectivity index (χ4v) is 2.06. The number of aromatic nitrogens is 1. The Morgan fingerprint density at radius 3 is 2.40 bits per heavy atom. The molecule has 1 aromatic heterocycles. The molecule has 108 valence electrons. The van der Waals surface area contributed by atoms with Gasteiger partial charge in [0.15, 0.2) is 0 Å². The van der Waals surface area contributed by atoms with Gasteiger partial charge in [-0.05, 0) is 31.9 Å². The van der Waals surface area contributed by atoms with Crippen LogP contribution in [0.1, 0.15) is 30.1 Å². The second-order valence-electron chi connectivity index (χ2n) is 5.26. The number of amides is 1. The van der Waals surface area contributed by atoms with Crippen molar-refractivity contribution in [1.82, 2.24) is 9.88 Å². The summed E-state index contributed by atoms with van der Waals surface area (Å²) in [6.45, 7) is 1.54. The van der Waals surface area contributed by atoms with Crippen LogP contribution in [0.15, 0.2) is 18.3 Å². The van der Waals surface area contributed by atoms with Gasteiger partial charge in [-0.3, -0.25) is 4.79 Å². The lowest BCUT2D eigenvalue weighted by Crippen LogP contribution is -2.44. The largest absolute Gasteiger partial charge is 0.480 e. The molecule has 1 amide bonds. The molecule has 0 aromatic carbocycles. The van der Waals surface area contributed by atoms with Crippen LogP contribution >= 0.6 is 0 Å². The SMILES string of the molecule is CC(C(=O)O)N(C(=O)c1ccc(N(C)C)nc1)C1CC1. The lowest BCUT2D eigenvalue weighted by atomic mass is 10.2. The van der Waals surface area contributed by atoms with Gasteiger partial charge in [0.1, 0.15) is 11.9 Å². The van der Waals surface area contributed by atoms with Gasteiger partial charge in [-0.25, -0.2) is 9.78 Å². The van der Waals surface area contributed by atoms with E-state index in [9.17, 15) is 9.59 Å². The average Bonchev–Trinajstić information content (AvgIpc) is 3.23. The smallest absolute Gasteiger partial charge is 0.326 e. The number of carbonyl (C=O) groups is 2. The number of carbonyl (C=O) groups excluding carboxylic acids is 1. The number of anilines is 1. The molecule has 2 rings (SSSR count). The summed E-state index contributed by atoms with van der Waals surface area (Å²) in [4.78, 5) is 31.1. The van der Waals surface area contributed by atoms with E-state index >= 15 is 0 Å². The molecule has 6 heteroatoms. The number of pyridine rings is 1. The normalized spacial score (nSPS) is 15.6. The minimum Gasteiger partial charge on any atom is -0.480 e. The molecule has 1 heterocycles. The Morgan fingerprint density at radius 2 is 2.00 bits per heavy atom. The topological polar surface area (TPSA) is 73.7 Å². The number of aliphatic carboxylic acids is 1. The van der Waals surface area contributed by atoms with E-state index in [0.717, 1.165) is 18.7 Å². The Bertz CT molecular complexity index is 509. The standard InChI is InChI=1S/C14H19N3O3/c1-9(14(19)20)17(11-5-6-11)13(18)10-4-7-12(15-8-10)16(2)3/h4,7-9,11H,5-6H2,1-3H3,(H,19,20). The van der Waals surface area contributed by atoms with Crippen molar-refractivity contribution < 1.29 is 14.7 Å². The number of hydrogen-bond donors (Lipinski definition) is 1. The second kappa shape index (κ2) is 5.48. The number of carboxylic acids is 1. The van der Waals surface area contributed by atoms with Crippen LogP contribution in [-0.2, 0) is 4.79 Å². The summed E-state index contributed by atoms with van der Waals surface area (Å²) >= 11 is 0. The maximum atomic E-state index is 12.5. The summed E-state index contributed by atoms with van der Waals surface area (Å²) in [5.41, 5.74) is 0.426. The molecular formula is C14H19N3O3. The summed E-state index contributed by atoms with van der Waals surface area (Å²) in [5, 5.41) is 9.13. The van der Waals surface area contributed by atoms with E-state index in [4.69, 9.17) is 5.11 Å². The molecule has 1 N–H and O–H groups in total. The molecule has 1 unspecified atom stereocenters. The third-order valence-corrected chi connectivity index (χ3v) is 3.40. The Hall–Kier alpha value is -2.11. The fourth-order valence-electron chi connectivity index (χ4n) is 2.06. The van der Waals surface area contributed by atoms with E-state index in [1.807, 2.05) is 19.0 Å². The van der Waals surface area contributed by atoms with Gasteiger partial charge in [-0.1, -0.05) is 0 Å².